The molecule has 7 heteroatoms. The molecular weight excluding hydrogens is 330 g/mol. The van der Waals surface area contributed by atoms with Gasteiger partial charge >= 0.3 is 0 Å². The molecule has 1 amide bonds. The number of nitrogens with zero attached hydrogens (tertiary/aromatic N) is 2. The van der Waals surface area contributed by atoms with Gasteiger partial charge in [0.2, 0.25) is 5.91 Å². The van der Waals surface area contributed by atoms with E-state index in [1.54, 1.807) is 10.6 Å². The Bertz CT molecular complexity index is 806. The van der Waals surface area contributed by atoms with Crippen molar-refractivity contribution in [2.45, 2.75) is 38.9 Å². The number of hydrogen-bond acceptors (Lipinski definition) is 5. The molecule has 0 aliphatic rings. The third kappa shape index (κ3) is 3.67. The topological polar surface area (TPSA) is 64.0 Å². The van der Waals surface area contributed by atoms with Crippen molar-refractivity contribution < 1.29 is 4.79 Å². The van der Waals surface area contributed by atoms with Gasteiger partial charge in [-0.15, -0.1) is 17.9 Å². The van der Waals surface area contributed by atoms with Gasteiger partial charge in [-0.2, -0.15) is 0 Å². The fourth-order valence-electron chi connectivity index (χ4n) is 2.21. The highest BCUT2D eigenvalue weighted by atomic mass is 32.2. The van der Waals surface area contributed by atoms with E-state index in [4.69, 9.17) is 0 Å². The van der Waals surface area contributed by atoms with Crippen LogP contribution in [0.4, 0.5) is 0 Å². The van der Waals surface area contributed by atoms with Crippen LogP contribution in [0.25, 0.3) is 10.2 Å². The second-order valence-corrected chi connectivity index (χ2v) is 7.65. The van der Waals surface area contributed by atoms with E-state index in [1.807, 2.05) is 27.7 Å². The molecule has 0 radical (unpaired) electrons. The molecule has 0 bridgehead atoms. The molecule has 0 aliphatic heterocycles. The van der Waals surface area contributed by atoms with E-state index in [1.165, 1.54) is 23.1 Å². The van der Waals surface area contributed by atoms with Crippen LogP contribution in [0.5, 0.6) is 0 Å². The number of carbonyl (C=O) groups is 1. The summed E-state index contributed by atoms with van der Waals surface area (Å²) in [6.45, 7) is 11.9. The molecule has 2 aromatic heterocycles. The smallest absolute Gasteiger partial charge is 0.263 e. The number of aromatic nitrogens is 2. The lowest BCUT2D eigenvalue weighted by molar-refractivity contribution is -0.118. The number of amides is 1. The quantitative estimate of drug-likeness (QED) is 0.493. The lowest BCUT2D eigenvalue weighted by atomic mass is 10.2. The molecule has 0 fully saturated rings. The zero-order chi connectivity index (χ0) is 17.1. The fourth-order valence-corrected chi connectivity index (χ4v) is 4.24. The molecule has 0 saturated heterocycles. The van der Waals surface area contributed by atoms with Crippen LogP contribution in [-0.4, -0.2) is 27.8 Å². The van der Waals surface area contributed by atoms with Crippen LogP contribution in [0.15, 0.2) is 22.6 Å². The molecule has 0 spiro atoms. The van der Waals surface area contributed by atoms with Gasteiger partial charge in [-0.25, -0.2) is 4.98 Å². The standard InChI is InChI=1S/C16H21N3O2S2/c1-6-7-17-12(20)8-22-16-18-14-13(10(4)11(5)23-14)15(21)19(16)9(2)3/h6,9H,1,7-8H2,2-5H3,(H,17,20). The van der Waals surface area contributed by atoms with Crippen molar-refractivity contribution in [3.05, 3.63) is 33.4 Å². The van der Waals surface area contributed by atoms with E-state index in [0.29, 0.717) is 17.1 Å². The molecular formula is C16H21N3O2S2. The summed E-state index contributed by atoms with van der Waals surface area (Å²) in [5, 5.41) is 4.01. The molecule has 1 N–H and O–H groups in total. The predicted octanol–water partition coefficient (Wildman–Crippen LogP) is 3.05. The number of nitrogens with one attached hydrogen (secondary N) is 1. The summed E-state index contributed by atoms with van der Waals surface area (Å²) in [4.78, 5) is 31.1. The van der Waals surface area contributed by atoms with Crippen LogP contribution >= 0.6 is 23.1 Å². The van der Waals surface area contributed by atoms with E-state index in [0.717, 1.165) is 15.3 Å². The highest BCUT2D eigenvalue weighted by Gasteiger charge is 2.18. The maximum absolute atomic E-state index is 12.8. The molecule has 23 heavy (non-hydrogen) atoms. The van der Waals surface area contributed by atoms with Crippen molar-refractivity contribution in [1.29, 1.82) is 0 Å². The minimum atomic E-state index is -0.0990. The number of rotatable bonds is 6. The van der Waals surface area contributed by atoms with Gasteiger partial charge in [0.25, 0.3) is 5.56 Å². The summed E-state index contributed by atoms with van der Waals surface area (Å²) in [6, 6.07) is -0.0160. The van der Waals surface area contributed by atoms with Gasteiger partial charge in [0.1, 0.15) is 4.83 Å². The van der Waals surface area contributed by atoms with Crippen LogP contribution in [0, 0.1) is 13.8 Å². The zero-order valence-corrected chi connectivity index (χ0v) is 15.4. The van der Waals surface area contributed by atoms with Crippen LogP contribution in [0.2, 0.25) is 0 Å². The summed E-state index contributed by atoms with van der Waals surface area (Å²) in [5.74, 6) is 0.125. The number of fused-ring (bicyclic) bond motifs is 1. The Morgan fingerprint density at radius 3 is 2.78 bits per heavy atom. The summed E-state index contributed by atoms with van der Waals surface area (Å²) in [5.41, 5.74) is 0.970. The van der Waals surface area contributed by atoms with Gasteiger partial charge in [0.15, 0.2) is 5.16 Å². The second-order valence-electron chi connectivity index (χ2n) is 5.51. The fraction of sp³-hybridized carbons (Fsp3) is 0.438. The highest BCUT2D eigenvalue weighted by molar-refractivity contribution is 7.99. The summed E-state index contributed by atoms with van der Waals surface area (Å²) >= 11 is 2.81. The largest absolute Gasteiger partial charge is 0.352 e. The molecule has 5 nitrogen and oxygen atoms in total. The van der Waals surface area contributed by atoms with Crippen LogP contribution < -0.4 is 10.9 Å². The van der Waals surface area contributed by atoms with Gasteiger partial charge in [-0.1, -0.05) is 17.8 Å². The molecule has 2 rings (SSSR count). The van der Waals surface area contributed by atoms with Gasteiger partial charge < -0.3 is 5.32 Å². The Labute approximate surface area is 143 Å². The van der Waals surface area contributed by atoms with Gasteiger partial charge in [-0.05, 0) is 33.3 Å². The Morgan fingerprint density at radius 2 is 2.17 bits per heavy atom. The Morgan fingerprint density at radius 1 is 1.48 bits per heavy atom. The SMILES string of the molecule is C=CCNC(=O)CSc1nc2sc(C)c(C)c2c(=O)n1C(C)C. The highest BCUT2D eigenvalue weighted by Crippen LogP contribution is 2.29. The molecule has 124 valence electrons. The van der Waals surface area contributed by atoms with Crippen molar-refractivity contribution >= 4 is 39.2 Å². The lowest BCUT2D eigenvalue weighted by Gasteiger charge is -2.15. The minimum absolute atomic E-state index is 0.0160. The zero-order valence-electron chi connectivity index (χ0n) is 13.8. The third-order valence-electron chi connectivity index (χ3n) is 3.49. The van der Waals surface area contributed by atoms with Crippen molar-refractivity contribution in [3.63, 3.8) is 0 Å². The van der Waals surface area contributed by atoms with E-state index >= 15 is 0 Å². The van der Waals surface area contributed by atoms with E-state index in [2.05, 4.69) is 16.9 Å². The summed E-state index contributed by atoms with van der Waals surface area (Å²) in [6.07, 6.45) is 1.63. The molecule has 0 unspecified atom stereocenters. The van der Waals surface area contributed by atoms with Gasteiger partial charge in [0, 0.05) is 17.5 Å². The number of thiophene rings is 1. The Kier molecular flexibility index (Phi) is 5.64. The average molecular weight is 351 g/mol. The van der Waals surface area contributed by atoms with Gasteiger partial charge in [0.05, 0.1) is 11.1 Å². The Hall–Kier alpha value is -1.60. The average Bonchev–Trinajstić information content (AvgIpc) is 2.77. The maximum Gasteiger partial charge on any atom is 0.263 e. The molecule has 2 heterocycles. The van der Waals surface area contributed by atoms with Crippen LogP contribution in [0.1, 0.15) is 30.3 Å². The molecule has 0 atom stereocenters. The number of carbonyl (C=O) groups excluding carboxylic acids is 1. The molecule has 0 aliphatic carbocycles. The van der Waals surface area contributed by atoms with Crippen molar-refractivity contribution in [2.75, 3.05) is 12.3 Å². The van der Waals surface area contributed by atoms with Gasteiger partial charge in [-0.3, -0.25) is 14.2 Å². The molecule has 2 aromatic rings. The van der Waals surface area contributed by atoms with E-state index in [9.17, 15) is 9.59 Å². The monoisotopic (exact) mass is 351 g/mol. The number of hydrogen-bond donors (Lipinski definition) is 1. The lowest BCUT2D eigenvalue weighted by Crippen LogP contribution is -2.27. The predicted molar refractivity (Wildman–Crippen MR) is 97.7 cm³/mol. The molecule has 0 saturated carbocycles. The van der Waals surface area contributed by atoms with Crippen molar-refractivity contribution in [2.24, 2.45) is 0 Å². The Balaban J connectivity index is 2.42. The van der Waals surface area contributed by atoms with E-state index in [-0.39, 0.29) is 23.3 Å². The van der Waals surface area contributed by atoms with Crippen molar-refractivity contribution in [1.82, 2.24) is 14.9 Å². The summed E-state index contributed by atoms with van der Waals surface area (Å²) < 4.78 is 1.67. The number of aryl methyl sites for hydroxylation is 2. The number of thioether (sulfide) groups is 1. The second kappa shape index (κ2) is 7.31. The maximum atomic E-state index is 12.8. The first-order chi connectivity index (χ1) is 10.9. The van der Waals surface area contributed by atoms with Crippen molar-refractivity contribution in [3.8, 4) is 0 Å². The van der Waals surface area contributed by atoms with E-state index < -0.39 is 0 Å². The first kappa shape index (κ1) is 17.7. The van der Waals surface area contributed by atoms with Crippen LogP contribution in [0.3, 0.4) is 0 Å². The normalized spacial score (nSPS) is 11.2. The first-order valence-electron chi connectivity index (χ1n) is 7.39. The third-order valence-corrected chi connectivity index (χ3v) is 5.55. The minimum Gasteiger partial charge on any atom is -0.352 e. The van der Waals surface area contributed by atoms with Crippen LogP contribution in [-0.2, 0) is 4.79 Å². The molecule has 0 aromatic carbocycles. The first-order valence-corrected chi connectivity index (χ1v) is 9.19. The summed E-state index contributed by atoms with van der Waals surface area (Å²) in [7, 11) is 0.